The van der Waals surface area contributed by atoms with E-state index in [2.05, 4.69) is 15.4 Å². The lowest BCUT2D eigenvalue weighted by Gasteiger charge is -2.07. The van der Waals surface area contributed by atoms with Gasteiger partial charge in [-0.15, -0.1) is 0 Å². The first-order valence-corrected chi connectivity index (χ1v) is 6.90. The Morgan fingerprint density at radius 2 is 1.89 bits per heavy atom. The molecule has 0 saturated heterocycles. The highest BCUT2D eigenvalue weighted by molar-refractivity contribution is 7.89. The Bertz CT molecular complexity index is 498. The summed E-state index contributed by atoms with van der Waals surface area (Å²) in [7, 11) is -1.98. The van der Waals surface area contributed by atoms with Crippen molar-refractivity contribution in [3.05, 3.63) is 24.3 Å². The summed E-state index contributed by atoms with van der Waals surface area (Å²) in [6.07, 6.45) is 0. The number of urea groups is 1. The van der Waals surface area contributed by atoms with Gasteiger partial charge in [0.1, 0.15) is 0 Å². The van der Waals surface area contributed by atoms with Crippen molar-refractivity contribution in [1.29, 1.82) is 0 Å². The monoisotopic (exact) mass is 272 g/mol. The molecule has 8 heteroatoms. The number of rotatable bonds is 5. The van der Waals surface area contributed by atoms with Crippen LogP contribution in [0.25, 0.3) is 0 Å². The number of sulfonamides is 1. The molecular weight excluding hydrogens is 256 g/mol. The Hall–Kier alpha value is -1.80. The highest BCUT2D eigenvalue weighted by atomic mass is 32.2. The molecular formula is C10H16N4O3S. The molecule has 0 aliphatic carbocycles. The third-order valence-electron chi connectivity index (χ3n) is 2.14. The average molecular weight is 272 g/mol. The predicted octanol–water partition coefficient (Wildman–Crippen LogP) is -0.0605. The number of hydrogen-bond acceptors (Lipinski definition) is 4. The summed E-state index contributed by atoms with van der Waals surface area (Å²) in [5, 5.41) is 4.99. The molecule has 0 aliphatic rings. The zero-order chi connectivity index (χ0) is 13.6. The fourth-order valence-corrected chi connectivity index (χ4v) is 1.72. The van der Waals surface area contributed by atoms with Gasteiger partial charge in [0.25, 0.3) is 0 Å². The van der Waals surface area contributed by atoms with Crippen LogP contribution in [0.4, 0.5) is 16.2 Å². The minimum absolute atomic E-state index is 0.0317. The van der Waals surface area contributed by atoms with Gasteiger partial charge in [-0.1, -0.05) is 0 Å². The topological polar surface area (TPSA) is 113 Å². The molecule has 0 saturated carbocycles. The number of nitrogens with two attached hydrogens (primary N) is 1. The van der Waals surface area contributed by atoms with E-state index >= 15 is 0 Å². The van der Waals surface area contributed by atoms with E-state index in [0.29, 0.717) is 11.4 Å². The second kappa shape index (κ2) is 6.22. The van der Waals surface area contributed by atoms with Gasteiger partial charge in [0, 0.05) is 17.9 Å². The quantitative estimate of drug-likeness (QED) is 0.562. The number of nitrogens with one attached hydrogen (secondary N) is 3. The van der Waals surface area contributed by atoms with Crippen LogP contribution in [0.1, 0.15) is 0 Å². The number of carbonyl (C=O) groups excluding carboxylic acids is 1. The molecule has 0 unspecified atom stereocenters. The highest BCUT2D eigenvalue weighted by Gasteiger charge is 2.07. The van der Waals surface area contributed by atoms with Crippen molar-refractivity contribution in [3.8, 4) is 0 Å². The summed E-state index contributed by atoms with van der Waals surface area (Å²) in [5.41, 5.74) is 6.68. The van der Waals surface area contributed by atoms with Crippen molar-refractivity contribution < 1.29 is 13.2 Å². The van der Waals surface area contributed by atoms with Crippen LogP contribution in [0, 0.1) is 0 Å². The molecule has 0 aromatic heterocycles. The summed E-state index contributed by atoms with van der Waals surface area (Å²) < 4.78 is 24.3. The minimum Gasteiger partial charge on any atom is -0.399 e. The van der Waals surface area contributed by atoms with Gasteiger partial charge in [-0.05, 0) is 31.3 Å². The van der Waals surface area contributed by atoms with E-state index in [0.717, 1.165) is 0 Å². The Morgan fingerprint density at radius 3 is 2.44 bits per heavy atom. The normalized spacial score (nSPS) is 10.9. The zero-order valence-electron chi connectivity index (χ0n) is 9.93. The van der Waals surface area contributed by atoms with Gasteiger partial charge in [-0.2, -0.15) is 0 Å². The summed E-state index contributed by atoms with van der Waals surface area (Å²) >= 11 is 0. The van der Waals surface area contributed by atoms with Gasteiger partial charge in [0.2, 0.25) is 10.0 Å². The first kappa shape index (κ1) is 14.3. The molecule has 5 N–H and O–H groups in total. The lowest BCUT2D eigenvalue weighted by Crippen LogP contribution is -2.35. The van der Waals surface area contributed by atoms with Gasteiger partial charge in [0.05, 0.1) is 5.75 Å². The van der Waals surface area contributed by atoms with Crippen LogP contribution in [-0.4, -0.2) is 33.8 Å². The van der Waals surface area contributed by atoms with E-state index in [1.165, 1.54) is 7.05 Å². The average Bonchev–Trinajstić information content (AvgIpc) is 2.32. The minimum atomic E-state index is -3.30. The lowest BCUT2D eigenvalue weighted by molar-refractivity contribution is 0.252. The molecule has 1 rings (SSSR count). The lowest BCUT2D eigenvalue weighted by atomic mass is 10.3. The molecule has 2 amide bonds. The molecule has 0 bridgehead atoms. The first-order chi connectivity index (χ1) is 8.43. The smallest absolute Gasteiger partial charge is 0.319 e. The Morgan fingerprint density at radius 1 is 1.28 bits per heavy atom. The van der Waals surface area contributed by atoms with Crippen molar-refractivity contribution in [1.82, 2.24) is 10.0 Å². The van der Waals surface area contributed by atoms with Gasteiger partial charge >= 0.3 is 6.03 Å². The van der Waals surface area contributed by atoms with Crippen LogP contribution in [-0.2, 0) is 10.0 Å². The van der Waals surface area contributed by atoms with Gasteiger partial charge in [-0.25, -0.2) is 17.9 Å². The molecule has 0 fully saturated rings. The summed E-state index contributed by atoms with van der Waals surface area (Å²) in [6, 6.07) is 6.15. The SMILES string of the molecule is CNS(=O)(=O)CCNC(=O)Nc1ccc(N)cc1. The van der Waals surface area contributed by atoms with E-state index in [1.807, 2.05) is 0 Å². The summed E-state index contributed by atoms with van der Waals surface area (Å²) in [6.45, 7) is 0.0317. The molecule has 0 spiro atoms. The second-order valence-electron chi connectivity index (χ2n) is 3.53. The number of nitrogen functional groups attached to an aromatic ring is 1. The van der Waals surface area contributed by atoms with Crippen molar-refractivity contribution in [3.63, 3.8) is 0 Å². The standard InChI is InChI=1S/C10H16N4O3S/c1-12-18(16,17)7-6-13-10(15)14-9-4-2-8(11)3-5-9/h2-5,12H,6-7,11H2,1H3,(H2,13,14,15). The predicted molar refractivity (Wildman–Crippen MR) is 70.7 cm³/mol. The number of carbonyl (C=O) groups is 1. The largest absolute Gasteiger partial charge is 0.399 e. The van der Waals surface area contributed by atoms with E-state index in [-0.39, 0.29) is 12.3 Å². The zero-order valence-corrected chi connectivity index (χ0v) is 10.8. The van der Waals surface area contributed by atoms with Crippen LogP contribution in [0.2, 0.25) is 0 Å². The Balaban J connectivity index is 2.36. The third kappa shape index (κ3) is 5.02. The van der Waals surface area contributed by atoms with Crippen LogP contribution < -0.4 is 21.1 Å². The fraction of sp³-hybridized carbons (Fsp3) is 0.300. The van der Waals surface area contributed by atoms with Crippen molar-refractivity contribution >= 4 is 27.4 Å². The van der Waals surface area contributed by atoms with E-state index < -0.39 is 16.1 Å². The highest BCUT2D eigenvalue weighted by Crippen LogP contribution is 2.09. The van der Waals surface area contributed by atoms with Gasteiger partial charge < -0.3 is 16.4 Å². The third-order valence-corrected chi connectivity index (χ3v) is 3.50. The maximum Gasteiger partial charge on any atom is 0.319 e. The molecule has 0 radical (unpaired) electrons. The Kier molecular flexibility index (Phi) is 4.93. The van der Waals surface area contributed by atoms with Crippen LogP contribution in [0.5, 0.6) is 0 Å². The van der Waals surface area contributed by atoms with Crippen molar-refractivity contribution in [2.75, 3.05) is 30.4 Å². The maximum absolute atomic E-state index is 11.4. The number of benzene rings is 1. The first-order valence-electron chi connectivity index (χ1n) is 5.24. The molecule has 0 atom stereocenters. The van der Waals surface area contributed by atoms with E-state index in [1.54, 1.807) is 24.3 Å². The molecule has 18 heavy (non-hydrogen) atoms. The van der Waals surface area contributed by atoms with Crippen LogP contribution >= 0.6 is 0 Å². The van der Waals surface area contributed by atoms with Gasteiger partial charge in [-0.3, -0.25) is 0 Å². The van der Waals surface area contributed by atoms with E-state index in [4.69, 9.17) is 5.73 Å². The number of hydrogen-bond donors (Lipinski definition) is 4. The van der Waals surface area contributed by atoms with Crippen molar-refractivity contribution in [2.45, 2.75) is 0 Å². The summed E-state index contributed by atoms with van der Waals surface area (Å²) in [5.74, 6) is -0.168. The Labute approximate surface area is 106 Å². The van der Waals surface area contributed by atoms with Gasteiger partial charge in [0.15, 0.2) is 0 Å². The summed E-state index contributed by atoms with van der Waals surface area (Å²) in [4.78, 5) is 11.4. The molecule has 100 valence electrons. The molecule has 1 aromatic carbocycles. The maximum atomic E-state index is 11.4. The molecule has 1 aromatic rings. The number of amides is 2. The number of anilines is 2. The molecule has 7 nitrogen and oxygen atoms in total. The molecule has 0 heterocycles. The second-order valence-corrected chi connectivity index (χ2v) is 5.57. The van der Waals surface area contributed by atoms with Crippen LogP contribution in [0.15, 0.2) is 24.3 Å². The van der Waals surface area contributed by atoms with Crippen molar-refractivity contribution in [2.24, 2.45) is 0 Å². The van der Waals surface area contributed by atoms with Crippen LogP contribution in [0.3, 0.4) is 0 Å². The molecule has 0 aliphatic heterocycles. The fourth-order valence-electron chi connectivity index (χ4n) is 1.14. The van der Waals surface area contributed by atoms with E-state index in [9.17, 15) is 13.2 Å².